The van der Waals surface area contributed by atoms with E-state index in [9.17, 15) is 0 Å². The Morgan fingerprint density at radius 3 is 2.57 bits per heavy atom. The van der Waals surface area contributed by atoms with E-state index in [-0.39, 0.29) is 0 Å². The summed E-state index contributed by atoms with van der Waals surface area (Å²) >= 11 is 3.39. The Hall–Kier alpha value is -1.59. The molecule has 2 heterocycles. The SMILES string of the molecule is Brc1cccc(CNc2ccc(N3CCOCC3)cc2)n1. The molecular formula is C16H18BrN3O. The molecule has 1 aliphatic rings. The summed E-state index contributed by atoms with van der Waals surface area (Å²) in [5.41, 5.74) is 3.37. The molecule has 0 aliphatic carbocycles. The zero-order valence-electron chi connectivity index (χ0n) is 11.8. The first-order valence-electron chi connectivity index (χ1n) is 7.09. The summed E-state index contributed by atoms with van der Waals surface area (Å²) in [5.74, 6) is 0. The third-order valence-corrected chi connectivity index (χ3v) is 3.93. The lowest BCUT2D eigenvalue weighted by atomic mass is 10.2. The van der Waals surface area contributed by atoms with Crippen molar-refractivity contribution in [1.82, 2.24) is 4.98 Å². The van der Waals surface area contributed by atoms with E-state index in [1.54, 1.807) is 0 Å². The van der Waals surface area contributed by atoms with Crippen molar-refractivity contribution in [2.45, 2.75) is 6.54 Å². The van der Waals surface area contributed by atoms with E-state index in [1.807, 2.05) is 18.2 Å². The summed E-state index contributed by atoms with van der Waals surface area (Å²) in [6, 6.07) is 14.5. The number of anilines is 2. The van der Waals surface area contributed by atoms with Crippen LogP contribution in [0, 0.1) is 0 Å². The molecule has 1 aromatic heterocycles. The van der Waals surface area contributed by atoms with Crippen LogP contribution in [0.4, 0.5) is 11.4 Å². The van der Waals surface area contributed by atoms with Gasteiger partial charge in [0, 0.05) is 24.5 Å². The van der Waals surface area contributed by atoms with Crippen molar-refractivity contribution in [2.24, 2.45) is 0 Å². The molecule has 2 aromatic rings. The summed E-state index contributed by atoms with van der Waals surface area (Å²) in [4.78, 5) is 6.76. The predicted molar refractivity (Wildman–Crippen MR) is 88.7 cm³/mol. The van der Waals surface area contributed by atoms with Gasteiger partial charge >= 0.3 is 0 Å². The Morgan fingerprint density at radius 2 is 1.86 bits per heavy atom. The minimum Gasteiger partial charge on any atom is -0.379 e. The molecule has 5 heteroatoms. The molecule has 1 saturated heterocycles. The van der Waals surface area contributed by atoms with Gasteiger partial charge in [-0.1, -0.05) is 6.07 Å². The fraction of sp³-hybridized carbons (Fsp3) is 0.312. The van der Waals surface area contributed by atoms with Gasteiger partial charge in [-0.15, -0.1) is 0 Å². The smallest absolute Gasteiger partial charge is 0.106 e. The number of hydrogen-bond donors (Lipinski definition) is 1. The number of rotatable bonds is 4. The summed E-state index contributed by atoms with van der Waals surface area (Å²) in [6.45, 7) is 4.28. The van der Waals surface area contributed by atoms with Gasteiger partial charge in [-0.3, -0.25) is 0 Å². The lowest BCUT2D eigenvalue weighted by Gasteiger charge is -2.28. The molecule has 1 aromatic carbocycles. The number of ether oxygens (including phenoxy) is 1. The highest BCUT2D eigenvalue weighted by Crippen LogP contribution is 2.19. The van der Waals surface area contributed by atoms with Crippen LogP contribution in [0.25, 0.3) is 0 Å². The van der Waals surface area contributed by atoms with Crippen LogP contribution in [0.2, 0.25) is 0 Å². The third-order valence-electron chi connectivity index (χ3n) is 3.49. The van der Waals surface area contributed by atoms with Gasteiger partial charge in [0.1, 0.15) is 4.60 Å². The highest BCUT2D eigenvalue weighted by molar-refractivity contribution is 9.10. The summed E-state index contributed by atoms with van der Waals surface area (Å²) in [5, 5.41) is 3.39. The monoisotopic (exact) mass is 347 g/mol. The lowest BCUT2D eigenvalue weighted by Crippen LogP contribution is -2.36. The minimum atomic E-state index is 0.719. The van der Waals surface area contributed by atoms with Gasteiger partial charge in [0.15, 0.2) is 0 Å². The normalized spacial score (nSPS) is 15.0. The van der Waals surface area contributed by atoms with Crippen molar-refractivity contribution >= 4 is 27.3 Å². The molecule has 1 fully saturated rings. The second-order valence-electron chi connectivity index (χ2n) is 4.95. The maximum absolute atomic E-state index is 5.38. The molecule has 0 spiro atoms. The number of aromatic nitrogens is 1. The first-order chi connectivity index (χ1) is 10.3. The third kappa shape index (κ3) is 3.95. The number of nitrogens with zero attached hydrogens (tertiary/aromatic N) is 2. The van der Waals surface area contributed by atoms with Gasteiger partial charge in [0.2, 0.25) is 0 Å². The zero-order valence-corrected chi connectivity index (χ0v) is 13.3. The standard InChI is InChI=1S/C16H18BrN3O/c17-16-3-1-2-14(19-16)12-18-13-4-6-15(7-5-13)20-8-10-21-11-9-20/h1-7,18H,8-12H2. The van der Waals surface area contributed by atoms with E-state index in [0.29, 0.717) is 0 Å². The highest BCUT2D eigenvalue weighted by atomic mass is 79.9. The first-order valence-corrected chi connectivity index (χ1v) is 7.89. The maximum atomic E-state index is 5.38. The number of benzene rings is 1. The number of hydrogen-bond acceptors (Lipinski definition) is 4. The van der Waals surface area contributed by atoms with Crippen LogP contribution in [0.3, 0.4) is 0 Å². The molecule has 0 amide bonds. The van der Waals surface area contributed by atoms with E-state index in [4.69, 9.17) is 4.74 Å². The van der Waals surface area contributed by atoms with Gasteiger partial charge in [-0.25, -0.2) is 4.98 Å². The first kappa shape index (κ1) is 14.4. The minimum absolute atomic E-state index is 0.719. The van der Waals surface area contributed by atoms with Crippen LogP contribution in [0.15, 0.2) is 47.1 Å². The van der Waals surface area contributed by atoms with Crippen molar-refractivity contribution in [2.75, 3.05) is 36.5 Å². The average molecular weight is 348 g/mol. The van der Waals surface area contributed by atoms with Crippen LogP contribution in [-0.4, -0.2) is 31.3 Å². The maximum Gasteiger partial charge on any atom is 0.106 e. The molecule has 110 valence electrons. The van der Waals surface area contributed by atoms with Crippen LogP contribution < -0.4 is 10.2 Å². The zero-order chi connectivity index (χ0) is 14.5. The van der Waals surface area contributed by atoms with Gasteiger partial charge in [-0.2, -0.15) is 0 Å². The second kappa shape index (κ2) is 6.91. The van der Waals surface area contributed by atoms with E-state index in [2.05, 4.69) is 55.4 Å². The van der Waals surface area contributed by atoms with E-state index in [0.717, 1.165) is 48.8 Å². The Bertz CT molecular complexity index is 582. The molecule has 3 rings (SSSR count). The Labute approximate surface area is 133 Å². The highest BCUT2D eigenvalue weighted by Gasteiger charge is 2.10. The van der Waals surface area contributed by atoms with Gasteiger partial charge < -0.3 is 15.0 Å². The fourth-order valence-corrected chi connectivity index (χ4v) is 2.73. The molecule has 0 bridgehead atoms. The molecule has 1 N–H and O–H groups in total. The van der Waals surface area contributed by atoms with Crippen LogP contribution in [0.1, 0.15) is 5.69 Å². The quantitative estimate of drug-likeness (QED) is 0.861. The molecular weight excluding hydrogens is 330 g/mol. The molecule has 0 atom stereocenters. The molecule has 0 unspecified atom stereocenters. The van der Waals surface area contributed by atoms with Crippen molar-refractivity contribution in [3.8, 4) is 0 Å². The van der Waals surface area contributed by atoms with E-state index < -0.39 is 0 Å². The van der Waals surface area contributed by atoms with Crippen LogP contribution >= 0.6 is 15.9 Å². The lowest BCUT2D eigenvalue weighted by molar-refractivity contribution is 0.122. The van der Waals surface area contributed by atoms with Crippen molar-refractivity contribution < 1.29 is 4.74 Å². The molecule has 21 heavy (non-hydrogen) atoms. The molecule has 4 nitrogen and oxygen atoms in total. The molecule has 0 saturated carbocycles. The van der Waals surface area contributed by atoms with Crippen LogP contribution in [-0.2, 0) is 11.3 Å². The van der Waals surface area contributed by atoms with E-state index in [1.165, 1.54) is 5.69 Å². The summed E-state index contributed by atoms with van der Waals surface area (Å²) in [6.07, 6.45) is 0. The topological polar surface area (TPSA) is 37.4 Å². The number of nitrogens with one attached hydrogen (secondary N) is 1. The summed E-state index contributed by atoms with van der Waals surface area (Å²) < 4.78 is 6.24. The Kier molecular flexibility index (Phi) is 4.72. The number of pyridine rings is 1. The summed E-state index contributed by atoms with van der Waals surface area (Å²) in [7, 11) is 0. The van der Waals surface area contributed by atoms with Gasteiger partial charge in [0.05, 0.1) is 25.5 Å². The average Bonchev–Trinajstić information content (AvgIpc) is 2.54. The van der Waals surface area contributed by atoms with Crippen LogP contribution in [0.5, 0.6) is 0 Å². The predicted octanol–water partition coefficient (Wildman–Crippen LogP) is 3.29. The molecule has 1 aliphatic heterocycles. The largest absolute Gasteiger partial charge is 0.379 e. The van der Waals surface area contributed by atoms with Crippen molar-refractivity contribution in [3.63, 3.8) is 0 Å². The van der Waals surface area contributed by atoms with E-state index >= 15 is 0 Å². The van der Waals surface area contributed by atoms with Crippen molar-refractivity contribution in [3.05, 3.63) is 52.8 Å². The number of morpholine rings is 1. The Morgan fingerprint density at radius 1 is 1.10 bits per heavy atom. The second-order valence-corrected chi connectivity index (χ2v) is 5.76. The molecule has 0 radical (unpaired) electrons. The number of halogens is 1. The Balaban J connectivity index is 1.59. The fourth-order valence-electron chi connectivity index (χ4n) is 2.35. The van der Waals surface area contributed by atoms with Gasteiger partial charge in [-0.05, 0) is 52.3 Å². The van der Waals surface area contributed by atoms with Gasteiger partial charge in [0.25, 0.3) is 0 Å². The van der Waals surface area contributed by atoms with Crippen molar-refractivity contribution in [1.29, 1.82) is 0 Å².